The molecule has 2 rings (SSSR count). The van der Waals surface area contributed by atoms with Gasteiger partial charge in [0.25, 0.3) is 0 Å². The monoisotopic (exact) mass is 263 g/mol. The highest BCUT2D eigenvalue weighted by atomic mass is 32.2. The highest BCUT2D eigenvalue weighted by Crippen LogP contribution is 2.28. The van der Waals surface area contributed by atoms with Gasteiger partial charge in [-0.1, -0.05) is 0 Å². The molecule has 2 atom stereocenters. The average Bonchev–Trinajstić information content (AvgIpc) is 2.54. The summed E-state index contributed by atoms with van der Waals surface area (Å²) in [5.41, 5.74) is 0. The number of likely N-dealkylation sites (tertiary alicyclic amines) is 1. The number of aliphatic hydroxyl groups excluding tert-OH is 2. The average molecular weight is 263 g/mol. The van der Waals surface area contributed by atoms with Crippen LogP contribution in [0, 0.1) is 11.8 Å². The van der Waals surface area contributed by atoms with Gasteiger partial charge in [-0.15, -0.1) is 0 Å². The van der Waals surface area contributed by atoms with Gasteiger partial charge in [0.2, 0.25) is 0 Å². The van der Waals surface area contributed by atoms with Gasteiger partial charge in [-0.05, 0) is 0 Å². The van der Waals surface area contributed by atoms with Crippen LogP contribution in [0.4, 0.5) is 0 Å². The lowest BCUT2D eigenvalue weighted by Gasteiger charge is -2.25. The molecule has 2 saturated heterocycles. The van der Waals surface area contributed by atoms with Gasteiger partial charge >= 0.3 is 0 Å². The Bertz CT molecular complexity index is 198. The van der Waals surface area contributed by atoms with E-state index in [2.05, 4.69) is 4.90 Å². The SMILES string of the molecule is OC[C@@H]1CN(C2CSCCSC2)C[C@H]1CO. The Kier molecular flexibility index (Phi) is 5.29. The van der Waals surface area contributed by atoms with Crippen molar-refractivity contribution < 1.29 is 10.2 Å². The molecular weight excluding hydrogens is 242 g/mol. The molecule has 0 unspecified atom stereocenters. The molecule has 0 radical (unpaired) electrons. The molecule has 16 heavy (non-hydrogen) atoms. The summed E-state index contributed by atoms with van der Waals surface area (Å²) in [6, 6.07) is 0.642. The van der Waals surface area contributed by atoms with Crippen molar-refractivity contribution in [3.63, 3.8) is 0 Å². The molecule has 0 amide bonds. The first kappa shape index (κ1) is 13.0. The molecule has 3 nitrogen and oxygen atoms in total. The third-order valence-electron chi connectivity index (χ3n) is 3.58. The summed E-state index contributed by atoms with van der Waals surface area (Å²) >= 11 is 4.08. The fourth-order valence-electron chi connectivity index (χ4n) is 2.50. The maximum Gasteiger partial charge on any atom is 0.0475 e. The van der Waals surface area contributed by atoms with E-state index in [1.54, 1.807) is 0 Å². The second-order valence-corrected chi connectivity index (χ2v) is 6.94. The third-order valence-corrected chi connectivity index (χ3v) is 6.07. The normalized spacial score (nSPS) is 34.1. The zero-order valence-corrected chi connectivity index (χ0v) is 11.2. The Labute approximate surface area is 106 Å². The van der Waals surface area contributed by atoms with E-state index >= 15 is 0 Å². The van der Waals surface area contributed by atoms with E-state index in [9.17, 15) is 10.2 Å². The quantitative estimate of drug-likeness (QED) is 0.770. The van der Waals surface area contributed by atoms with Gasteiger partial charge < -0.3 is 10.2 Å². The predicted octanol–water partition coefficient (Wildman–Crippen LogP) is 0.368. The van der Waals surface area contributed by atoms with Crippen LogP contribution in [0.3, 0.4) is 0 Å². The van der Waals surface area contributed by atoms with Gasteiger partial charge in [0.05, 0.1) is 0 Å². The molecule has 0 aromatic carbocycles. The second-order valence-electron chi connectivity index (χ2n) is 4.64. The van der Waals surface area contributed by atoms with Gasteiger partial charge in [-0.3, -0.25) is 4.90 Å². The lowest BCUT2D eigenvalue weighted by molar-refractivity contribution is 0.152. The molecule has 0 spiro atoms. The lowest BCUT2D eigenvalue weighted by Crippen LogP contribution is -2.37. The van der Waals surface area contributed by atoms with Gasteiger partial charge in [-0.25, -0.2) is 0 Å². The minimum atomic E-state index is 0.217. The Hall–Kier alpha value is 0.580. The van der Waals surface area contributed by atoms with Crippen LogP contribution in [0.15, 0.2) is 0 Å². The van der Waals surface area contributed by atoms with E-state index in [-0.39, 0.29) is 25.0 Å². The standard InChI is InChI=1S/C11H21NO2S2/c13-5-9-3-12(4-10(9)6-14)11-7-15-1-2-16-8-11/h9-11,13-14H,1-8H2/t9-,10-/m0/s1. The smallest absolute Gasteiger partial charge is 0.0475 e. The largest absolute Gasteiger partial charge is 0.396 e. The molecular formula is C11H21NO2S2. The topological polar surface area (TPSA) is 43.7 Å². The lowest BCUT2D eigenvalue weighted by atomic mass is 9.98. The molecule has 0 aliphatic carbocycles. The number of rotatable bonds is 3. The van der Waals surface area contributed by atoms with Crippen LogP contribution in [-0.2, 0) is 0 Å². The van der Waals surface area contributed by atoms with E-state index in [4.69, 9.17) is 0 Å². The van der Waals surface area contributed by atoms with E-state index in [1.807, 2.05) is 23.5 Å². The first-order chi connectivity index (χ1) is 7.85. The van der Waals surface area contributed by atoms with Gasteiger partial charge in [0.15, 0.2) is 0 Å². The zero-order chi connectivity index (χ0) is 11.4. The Morgan fingerprint density at radius 1 is 0.938 bits per heavy atom. The summed E-state index contributed by atoms with van der Waals surface area (Å²) in [5.74, 6) is 5.52. The molecule has 0 saturated carbocycles. The third kappa shape index (κ3) is 3.07. The van der Waals surface area contributed by atoms with Crippen LogP contribution < -0.4 is 0 Å². The number of thioether (sulfide) groups is 2. The number of hydrogen-bond donors (Lipinski definition) is 2. The van der Waals surface area contributed by atoms with Gasteiger partial charge in [-0.2, -0.15) is 23.5 Å². The molecule has 2 aliphatic rings. The summed E-state index contributed by atoms with van der Waals surface area (Å²) in [4.78, 5) is 2.48. The molecule has 94 valence electrons. The van der Waals surface area contributed by atoms with Crippen LogP contribution in [-0.4, -0.2) is 70.5 Å². The van der Waals surface area contributed by atoms with Crippen molar-refractivity contribution in [3.05, 3.63) is 0 Å². The molecule has 5 heteroatoms. The van der Waals surface area contributed by atoms with Gasteiger partial charge in [0, 0.05) is 67.2 Å². The van der Waals surface area contributed by atoms with Crippen molar-refractivity contribution in [2.75, 3.05) is 49.3 Å². The van der Waals surface area contributed by atoms with E-state index < -0.39 is 0 Å². The van der Waals surface area contributed by atoms with Crippen LogP contribution in [0.2, 0.25) is 0 Å². The summed E-state index contributed by atoms with van der Waals surface area (Å²) < 4.78 is 0. The molecule has 2 heterocycles. The second kappa shape index (κ2) is 6.50. The number of aliphatic hydroxyl groups is 2. The van der Waals surface area contributed by atoms with Crippen molar-refractivity contribution in [2.24, 2.45) is 11.8 Å². The van der Waals surface area contributed by atoms with Crippen molar-refractivity contribution in [1.82, 2.24) is 4.90 Å². The first-order valence-electron chi connectivity index (χ1n) is 5.96. The highest BCUT2D eigenvalue weighted by Gasteiger charge is 2.35. The molecule has 0 bridgehead atoms. The zero-order valence-electron chi connectivity index (χ0n) is 9.55. The number of nitrogens with zero attached hydrogens (tertiary/aromatic N) is 1. The fourth-order valence-corrected chi connectivity index (χ4v) is 5.13. The van der Waals surface area contributed by atoms with Crippen LogP contribution in [0.25, 0.3) is 0 Å². The van der Waals surface area contributed by atoms with Crippen molar-refractivity contribution in [1.29, 1.82) is 0 Å². The molecule has 2 aliphatic heterocycles. The highest BCUT2D eigenvalue weighted by molar-refractivity contribution is 8.03. The Balaban J connectivity index is 1.89. The Morgan fingerprint density at radius 3 is 1.88 bits per heavy atom. The maximum absolute atomic E-state index is 9.29. The van der Waals surface area contributed by atoms with E-state index in [0.717, 1.165) is 13.1 Å². The minimum Gasteiger partial charge on any atom is -0.396 e. The Morgan fingerprint density at radius 2 is 1.44 bits per heavy atom. The van der Waals surface area contributed by atoms with Crippen molar-refractivity contribution >= 4 is 23.5 Å². The van der Waals surface area contributed by atoms with Crippen LogP contribution in [0.5, 0.6) is 0 Å². The van der Waals surface area contributed by atoms with Crippen molar-refractivity contribution in [2.45, 2.75) is 6.04 Å². The van der Waals surface area contributed by atoms with Crippen LogP contribution in [0.1, 0.15) is 0 Å². The summed E-state index contributed by atoms with van der Waals surface area (Å²) in [6.45, 7) is 2.37. The van der Waals surface area contributed by atoms with Crippen molar-refractivity contribution in [3.8, 4) is 0 Å². The molecule has 0 aromatic heterocycles. The van der Waals surface area contributed by atoms with E-state index in [1.165, 1.54) is 23.0 Å². The van der Waals surface area contributed by atoms with E-state index in [0.29, 0.717) is 6.04 Å². The molecule has 2 N–H and O–H groups in total. The predicted molar refractivity (Wildman–Crippen MR) is 71.2 cm³/mol. The van der Waals surface area contributed by atoms with Gasteiger partial charge in [0.1, 0.15) is 0 Å². The molecule has 2 fully saturated rings. The molecule has 0 aromatic rings. The maximum atomic E-state index is 9.29. The fraction of sp³-hybridized carbons (Fsp3) is 1.00. The number of hydrogen-bond acceptors (Lipinski definition) is 5. The summed E-state index contributed by atoms with van der Waals surface area (Å²) in [5, 5.41) is 18.6. The summed E-state index contributed by atoms with van der Waals surface area (Å²) in [7, 11) is 0. The summed E-state index contributed by atoms with van der Waals surface area (Å²) in [6.07, 6.45) is 0. The van der Waals surface area contributed by atoms with Crippen LogP contribution >= 0.6 is 23.5 Å². The minimum absolute atomic E-state index is 0.217. The first-order valence-corrected chi connectivity index (χ1v) is 8.27.